The summed E-state index contributed by atoms with van der Waals surface area (Å²) in [5.41, 5.74) is 4.06. The Bertz CT molecular complexity index is 669. The first-order valence-electron chi connectivity index (χ1n) is 8.00. The summed E-state index contributed by atoms with van der Waals surface area (Å²) in [5.74, 6) is 2.58. The number of aromatic nitrogens is 3. The van der Waals surface area contributed by atoms with Gasteiger partial charge in [-0.25, -0.2) is 4.68 Å². The second kappa shape index (κ2) is 4.86. The number of rotatable bonds is 2. The summed E-state index contributed by atoms with van der Waals surface area (Å²) >= 11 is 0. The number of fused-ring (bicyclic) bond motifs is 1. The van der Waals surface area contributed by atoms with E-state index in [0.717, 1.165) is 24.7 Å². The third-order valence-corrected chi connectivity index (χ3v) is 5.03. The van der Waals surface area contributed by atoms with Crippen molar-refractivity contribution in [2.24, 2.45) is 0 Å². The molecule has 1 N–H and O–H groups in total. The van der Waals surface area contributed by atoms with Crippen molar-refractivity contribution >= 4 is 5.95 Å². The van der Waals surface area contributed by atoms with Crippen LogP contribution in [0.2, 0.25) is 0 Å². The van der Waals surface area contributed by atoms with Gasteiger partial charge in [0.1, 0.15) is 0 Å². The molecule has 4 heteroatoms. The fourth-order valence-electron chi connectivity index (χ4n) is 3.24. The Balaban J connectivity index is 1.71. The summed E-state index contributed by atoms with van der Waals surface area (Å²) in [6.45, 7) is 5.32. The molecule has 2 heterocycles. The average Bonchev–Trinajstić information content (AvgIpc) is 2.83. The molecule has 1 aliphatic carbocycles. The van der Waals surface area contributed by atoms with Crippen LogP contribution in [0.3, 0.4) is 0 Å². The van der Waals surface area contributed by atoms with E-state index in [-0.39, 0.29) is 0 Å². The number of hydrogen-bond acceptors (Lipinski definition) is 3. The molecule has 21 heavy (non-hydrogen) atoms. The highest BCUT2D eigenvalue weighted by atomic mass is 15.4. The first-order valence-corrected chi connectivity index (χ1v) is 8.00. The molecule has 4 nitrogen and oxygen atoms in total. The smallest absolute Gasteiger partial charge is 0.221 e. The monoisotopic (exact) mass is 282 g/mol. The SMILES string of the molecule is Cc1ccc(C2CCNc3nc(C4CCC4)nn32)cc1C. The molecular formula is C17H22N4. The van der Waals surface area contributed by atoms with Crippen LogP contribution >= 0.6 is 0 Å². The van der Waals surface area contributed by atoms with Gasteiger partial charge in [0.05, 0.1) is 6.04 Å². The molecule has 0 saturated heterocycles. The van der Waals surface area contributed by atoms with Crippen LogP contribution in [0.1, 0.15) is 60.2 Å². The molecule has 4 rings (SSSR count). The lowest BCUT2D eigenvalue weighted by atomic mass is 9.85. The minimum atomic E-state index is 0.321. The van der Waals surface area contributed by atoms with Gasteiger partial charge in [0.15, 0.2) is 5.82 Å². The molecular weight excluding hydrogens is 260 g/mol. The summed E-state index contributed by atoms with van der Waals surface area (Å²) in [7, 11) is 0. The third-order valence-electron chi connectivity index (χ3n) is 5.03. The molecule has 0 spiro atoms. The Morgan fingerprint density at radius 1 is 1.14 bits per heavy atom. The van der Waals surface area contributed by atoms with E-state index in [2.05, 4.69) is 42.0 Å². The van der Waals surface area contributed by atoms with E-state index in [4.69, 9.17) is 10.1 Å². The first-order chi connectivity index (χ1) is 10.2. The molecule has 2 aromatic rings. The van der Waals surface area contributed by atoms with Crippen LogP contribution in [0.4, 0.5) is 5.95 Å². The summed E-state index contributed by atoms with van der Waals surface area (Å²) in [6, 6.07) is 7.09. The minimum absolute atomic E-state index is 0.321. The van der Waals surface area contributed by atoms with Gasteiger partial charge in [0, 0.05) is 12.5 Å². The lowest BCUT2D eigenvalue weighted by Gasteiger charge is -2.25. The Morgan fingerprint density at radius 2 is 2.00 bits per heavy atom. The standard InChI is InChI=1S/C17H22N4/c1-11-6-7-14(10-12(11)2)15-8-9-18-17-19-16(20-21(15)17)13-4-3-5-13/h6-7,10,13,15H,3-5,8-9H2,1-2H3,(H,18,19,20). The molecule has 1 atom stereocenters. The first kappa shape index (κ1) is 12.9. The number of hydrogen-bond donors (Lipinski definition) is 1. The van der Waals surface area contributed by atoms with Crippen molar-refractivity contribution in [1.29, 1.82) is 0 Å². The fraction of sp³-hybridized carbons (Fsp3) is 0.529. The third kappa shape index (κ3) is 2.13. The van der Waals surface area contributed by atoms with Gasteiger partial charge in [-0.1, -0.05) is 24.6 Å². The zero-order valence-electron chi connectivity index (χ0n) is 12.8. The van der Waals surface area contributed by atoms with Gasteiger partial charge >= 0.3 is 0 Å². The molecule has 0 amide bonds. The number of benzene rings is 1. The van der Waals surface area contributed by atoms with E-state index < -0.39 is 0 Å². The van der Waals surface area contributed by atoms with E-state index in [1.54, 1.807) is 0 Å². The van der Waals surface area contributed by atoms with Crippen LogP contribution in [0.5, 0.6) is 0 Å². The van der Waals surface area contributed by atoms with E-state index in [1.165, 1.54) is 36.0 Å². The van der Waals surface area contributed by atoms with Crippen molar-refractivity contribution in [3.05, 3.63) is 40.7 Å². The maximum atomic E-state index is 4.83. The van der Waals surface area contributed by atoms with Gasteiger partial charge in [-0.2, -0.15) is 10.1 Å². The molecule has 2 aliphatic rings. The molecule has 1 saturated carbocycles. The Labute approximate surface area is 125 Å². The molecule has 1 aromatic carbocycles. The number of aryl methyl sites for hydroxylation is 2. The van der Waals surface area contributed by atoms with Crippen molar-refractivity contribution in [2.45, 2.75) is 51.5 Å². The topological polar surface area (TPSA) is 42.7 Å². The lowest BCUT2D eigenvalue weighted by molar-refractivity contribution is 0.393. The van der Waals surface area contributed by atoms with Crippen LogP contribution in [-0.4, -0.2) is 21.3 Å². The number of anilines is 1. The highest BCUT2D eigenvalue weighted by molar-refractivity contribution is 5.37. The van der Waals surface area contributed by atoms with Crippen molar-refractivity contribution in [2.75, 3.05) is 11.9 Å². The highest BCUT2D eigenvalue weighted by Crippen LogP contribution is 2.37. The summed E-state index contributed by atoms with van der Waals surface area (Å²) < 4.78 is 2.11. The average molecular weight is 282 g/mol. The fourth-order valence-corrected chi connectivity index (χ4v) is 3.24. The van der Waals surface area contributed by atoms with E-state index >= 15 is 0 Å². The van der Waals surface area contributed by atoms with Crippen LogP contribution in [0, 0.1) is 13.8 Å². The zero-order chi connectivity index (χ0) is 14.4. The maximum absolute atomic E-state index is 4.83. The normalized spacial score (nSPS) is 21.5. The second-order valence-electron chi connectivity index (χ2n) is 6.44. The van der Waals surface area contributed by atoms with Crippen LogP contribution in [0.25, 0.3) is 0 Å². The number of nitrogens with zero attached hydrogens (tertiary/aromatic N) is 3. The van der Waals surface area contributed by atoms with Crippen molar-refractivity contribution in [3.8, 4) is 0 Å². The van der Waals surface area contributed by atoms with E-state index in [9.17, 15) is 0 Å². The Kier molecular flexibility index (Phi) is 2.98. The van der Waals surface area contributed by atoms with Crippen LogP contribution < -0.4 is 5.32 Å². The predicted molar refractivity (Wildman–Crippen MR) is 83.8 cm³/mol. The van der Waals surface area contributed by atoms with Gasteiger partial charge < -0.3 is 5.32 Å². The molecule has 1 fully saturated rings. The largest absolute Gasteiger partial charge is 0.354 e. The van der Waals surface area contributed by atoms with Crippen LogP contribution in [-0.2, 0) is 0 Å². The van der Waals surface area contributed by atoms with Gasteiger partial charge in [0.25, 0.3) is 0 Å². The molecule has 1 aliphatic heterocycles. The van der Waals surface area contributed by atoms with E-state index in [1.807, 2.05) is 0 Å². The summed E-state index contributed by atoms with van der Waals surface area (Å²) in [6.07, 6.45) is 4.89. The number of nitrogens with one attached hydrogen (secondary N) is 1. The van der Waals surface area contributed by atoms with E-state index in [0.29, 0.717) is 12.0 Å². The molecule has 0 radical (unpaired) electrons. The highest BCUT2D eigenvalue weighted by Gasteiger charge is 2.29. The Morgan fingerprint density at radius 3 is 2.71 bits per heavy atom. The predicted octanol–water partition coefficient (Wildman–Crippen LogP) is 3.57. The van der Waals surface area contributed by atoms with Crippen molar-refractivity contribution in [1.82, 2.24) is 14.8 Å². The van der Waals surface area contributed by atoms with Gasteiger partial charge in [-0.15, -0.1) is 0 Å². The second-order valence-corrected chi connectivity index (χ2v) is 6.44. The Hall–Kier alpha value is -1.84. The minimum Gasteiger partial charge on any atom is -0.354 e. The maximum Gasteiger partial charge on any atom is 0.221 e. The summed E-state index contributed by atoms with van der Waals surface area (Å²) in [4.78, 5) is 4.73. The van der Waals surface area contributed by atoms with Gasteiger partial charge in [-0.3, -0.25) is 0 Å². The van der Waals surface area contributed by atoms with Gasteiger partial charge in [0.2, 0.25) is 5.95 Å². The van der Waals surface area contributed by atoms with Crippen molar-refractivity contribution in [3.63, 3.8) is 0 Å². The quantitative estimate of drug-likeness (QED) is 0.915. The lowest BCUT2D eigenvalue weighted by Crippen LogP contribution is -2.24. The zero-order valence-corrected chi connectivity index (χ0v) is 12.8. The molecule has 1 aromatic heterocycles. The van der Waals surface area contributed by atoms with Crippen LogP contribution in [0.15, 0.2) is 18.2 Å². The molecule has 110 valence electrons. The van der Waals surface area contributed by atoms with Crippen molar-refractivity contribution < 1.29 is 0 Å². The summed E-state index contributed by atoms with van der Waals surface area (Å²) in [5, 5.41) is 8.23. The molecule has 0 bridgehead atoms. The van der Waals surface area contributed by atoms with Gasteiger partial charge in [-0.05, 0) is 49.8 Å². The molecule has 1 unspecified atom stereocenters.